The van der Waals surface area contributed by atoms with E-state index in [-0.39, 0.29) is 0 Å². The molecule has 174 valence electrons. The summed E-state index contributed by atoms with van der Waals surface area (Å²) >= 11 is 6.78. The molecule has 0 radical (unpaired) electrons. The minimum Gasteiger partial charge on any atom is -0.122 e. The minimum atomic E-state index is -2.41. The fraction of sp³-hybridized carbons (Fsp3) is 0.355. The molecule has 0 bridgehead atoms. The Morgan fingerprint density at radius 3 is 1.39 bits per heavy atom. The van der Waals surface area contributed by atoms with Gasteiger partial charge in [0.1, 0.15) is 0 Å². The summed E-state index contributed by atoms with van der Waals surface area (Å²) in [7, 11) is -2.41. The molecule has 33 heavy (non-hydrogen) atoms. The van der Waals surface area contributed by atoms with Gasteiger partial charge in [0.25, 0.3) is 0 Å². The summed E-state index contributed by atoms with van der Waals surface area (Å²) in [4.78, 5) is 0. The van der Waals surface area contributed by atoms with Crippen LogP contribution in [0.2, 0.25) is 0 Å². The van der Waals surface area contributed by atoms with E-state index in [1.165, 1.54) is 72.1 Å². The van der Waals surface area contributed by atoms with Gasteiger partial charge in [-0.2, -0.15) is 0 Å². The van der Waals surface area contributed by atoms with Crippen LogP contribution < -0.4 is 15.6 Å². The van der Waals surface area contributed by atoms with E-state index >= 15 is 0 Å². The normalized spacial score (nSPS) is 12.1. The van der Waals surface area contributed by atoms with Gasteiger partial charge in [-0.15, -0.1) is 11.6 Å². The van der Waals surface area contributed by atoms with Crippen molar-refractivity contribution in [2.24, 2.45) is 0 Å². The molecule has 3 rings (SSSR count). The Labute approximate surface area is 207 Å². The Kier molecular flexibility index (Phi) is 11.0. The average molecular weight is 475 g/mol. The van der Waals surface area contributed by atoms with Crippen LogP contribution in [-0.2, 0) is 0 Å². The molecule has 0 heterocycles. The smallest absolute Gasteiger partial charge is 0.122 e. The van der Waals surface area contributed by atoms with Gasteiger partial charge in [0.2, 0.25) is 0 Å². The van der Waals surface area contributed by atoms with Crippen LogP contribution in [0.15, 0.2) is 102 Å². The highest BCUT2D eigenvalue weighted by atomic mass is 35.5. The minimum absolute atomic E-state index is 0.571. The second-order valence-electron chi connectivity index (χ2n) is 8.97. The van der Waals surface area contributed by atoms with Gasteiger partial charge < -0.3 is 0 Å². The van der Waals surface area contributed by atoms with Crippen LogP contribution in [0, 0.1) is 0 Å². The zero-order valence-corrected chi connectivity index (χ0v) is 21.9. The van der Waals surface area contributed by atoms with Crippen molar-refractivity contribution in [2.45, 2.75) is 64.7 Å². The molecule has 3 aromatic rings. The Morgan fingerprint density at radius 1 is 0.606 bits per heavy atom. The van der Waals surface area contributed by atoms with E-state index < -0.39 is 8.07 Å². The first-order chi connectivity index (χ1) is 16.3. The lowest BCUT2D eigenvalue weighted by Gasteiger charge is -2.35. The van der Waals surface area contributed by atoms with Crippen molar-refractivity contribution in [1.29, 1.82) is 0 Å². The molecule has 0 nitrogen and oxygen atoms in total. The van der Waals surface area contributed by atoms with Crippen LogP contribution in [-0.4, -0.2) is 14.0 Å². The van der Waals surface area contributed by atoms with E-state index in [1.807, 2.05) is 0 Å². The Balaban J connectivity index is 1.90. The lowest BCUT2D eigenvalue weighted by Crippen LogP contribution is -2.69. The van der Waals surface area contributed by atoms with Crippen LogP contribution in [0.3, 0.4) is 0 Å². The van der Waals surface area contributed by atoms with Crippen molar-refractivity contribution < 1.29 is 0 Å². The number of allylic oxidation sites excluding steroid dienone is 2. The van der Waals surface area contributed by atoms with Crippen LogP contribution in [0.5, 0.6) is 0 Å². The standard InChI is InChI=1S/C31H39ClSi/c1-2-3-4-5-6-7-8-9-13-26-31(27-32)33(28-20-14-10-15-21-28,29-22-16-11-17-23-29)30-24-18-12-19-25-30/h10-12,14-26H,2-9,13,27H2,1H3/b31-26-. The van der Waals surface area contributed by atoms with Gasteiger partial charge in [-0.25, -0.2) is 0 Å². The SMILES string of the molecule is CCCCCCCCCC/C=C(/CCl)[Si](c1ccccc1)(c1ccccc1)c1ccccc1. The van der Waals surface area contributed by atoms with E-state index in [9.17, 15) is 0 Å². The molecule has 0 saturated heterocycles. The molecule has 0 saturated carbocycles. The lowest BCUT2D eigenvalue weighted by atomic mass is 10.1. The molecule has 0 N–H and O–H groups in total. The van der Waals surface area contributed by atoms with Gasteiger partial charge in [-0.3, -0.25) is 0 Å². The number of hydrogen-bond donors (Lipinski definition) is 0. The van der Waals surface area contributed by atoms with Crippen molar-refractivity contribution in [3.8, 4) is 0 Å². The third-order valence-corrected chi connectivity index (χ3v) is 12.1. The first-order valence-electron chi connectivity index (χ1n) is 12.8. The van der Waals surface area contributed by atoms with Gasteiger partial charge in [0, 0.05) is 5.88 Å². The number of alkyl halides is 1. The summed E-state index contributed by atoms with van der Waals surface area (Å²) in [6.07, 6.45) is 14.4. The molecule has 0 atom stereocenters. The second kappa shape index (κ2) is 14.2. The van der Waals surface area contributed by atoms with Crippen molar-refractivity contribution in [2.75, 3.05) is 5.88 Å². The molecule has 0 fully saturated rings. The van der Waals surface area contributed by atoms with E-state index in [2.05, 4.69) is 104 Å². The summed E-state index contributed by atoms with van der Waals surface area (Å²) in [5.74, 6) is 0.571. The van der Waals surface area contributed by atoms with Crippen molar-refractivity contribution >= 4 is 35.2 Å². The van der Waals surface area contributed by atoms with Gasteiger partial charge >= 0.3 is 0 Å². The fourth-order valence-electron chi connectivity index (χ4n) is 4.98. The average Bonchev–Trinajstić information content (AvgIpc) is 2.89. The molecular formula is C31H39ClSi. The molecule has 0 amide bonds. The van der Waals surface area contributed by atoms with Gasteiger partial charge in [-0.1, -0.05) is 154 Å². The first-order valence-corrected chi connectivity index (χ1v) is 15.3. The number of rotatable bonds is 14. The van der Waals surface area contributed by atoms with E-state index in [4.69, 9.17) is 11.6 Å². The number of halogens is 1. The molecule has 0 spiro atoms. The summed E-state index contributed by atoms with van der Waals surface area (Å²) in [5.41, 5.74) is 0. The zero-order chi connectivity index (χ0) is 23.2. The molecule has 0 aliphatic heterocycles. The second-order valence-corrected chi connectivity index (χ2v) is 13.1. The third kappa shape index (κ3) is 6.71. The summed E-state index contributed by atoms with van der Waals surface area (Å²) in [6, 6.07) is 33.2. The van der Waals surface area contributed by atoms with Crippen LogP contribution in [0.4, 0.5) is 0 Å². The van der Waals surface area contributed by atoms with Crippen molar-refractivity contribution in [3.05, 3.63) is 102 Å². The van der Waals surface area contributed by atoms with Crippen molar-refractivity contribution in [1.82, 2.24) is 0 Å². The maximum Gasteiger partial charge on any atom is 0.176 e. The molecule has 2 heteroatoms. The highest BCUT2D eigenvalue weighted by Crippen LogP contribution is 2.21. The maximum atomic E-state index is 6.78. The van der Waals surface area contributed by atoms with E-state index in [1.54, 1.807) is 0 Å². The quantitative estimate of drug-likeness (QED) is 0.0988. The summed E-state index contributed by atoms with van der Waals surface area (Å²) < 4.78 is 0. The highest BCUT2D eigenvalue weighted by Gasteiger charge is 2.42. The lowest BCUT2D eigenvalue weighted by molar-refractivity contribution is 0.577. The Bertz CT molecular complexity index is 838. The fourth-order valence-corrected chi connectivity index (χ4v) is 10.5. The largest absolute Gasteiger partial charge is 0.176 e. The number of hydrogen-bond acceptors (Lipinski definition) is 0. The molecule has 0 aliphatic rings. The Morgan fingerprint density at radius 2 is 1.00 bits per heavy atom. The zero-order valence-electron chi connectivity index (χ0n) is 20.2. The predicted molar refractivity (Wildman–Crippen MR) is 150 cm³/mol. The van der Waals surface area contributed by atoms with Crippen LogP contribution in [0.1, 0.15) is 64.7 Å². The summed E-state index contributed by atoms with van der Waals surface area (Å²) in [5, 5.41) is 5.64. The molecule has 0 aromatic heterocycles. The van der Waals surface area contributed by atoms with Crippen molar-refractivity contribution in [3.63, 3.8) is 0 Å². The molecule has 0 aliphatic carbocycles. The highest BCUT2D eigenvalue weighted by molar-refractivity contribution is 7.16. The van der Waals surface area contributed by atoms with Gasteiger partial charge in [0.15, 0.2) is 8.07 Å². The Hall–Kier alpha value is -2.09. The monoisotopic (exact) mass is 474 g/mol. The maximum absolute atomic E-state index is 6.78. The predicted octanol–water partition coefficient (Wildman–Crippen LogP) is 7.39. The third-order valence-electron chi connectivity index (χ3n) is 6.69. The van der Waals surface area contributed by atoms with Gasteiger partial charge in [0.05, 0.1) is 0 Å². The first kappa shape index (κ1) is 25.5. The van der Waals surface area contributed by atoms with E-state index in [0.717, 1.165) is 6.42 Å². The number of unbranched alkanes of at least 4 members (excludes halogenated alkanes) is 8. The molecular weight excluding hydrogens is 436 g/mol. The molecule has 0 unspecified atom stereocenters. The topological polar surface area (TPSA) is 0 Å². The van der Waals surface area contributed by atoms with Crippen LogP contribution in [0.25, 0.3) is 0 Å². The van der Waals surface area contributed by atoms with Crippen LogP contribution >= 0.6 is 11.6 Å². The summed E-state index contributed by atoms with van der Waals surface area (Å²) in [6.45, 7) is 2.28. The molecule has 3 aromatic carbocycles. The van der Waals surface area contributed by atoms with E-state index in [0.29, 0.717) is 5.88 Å². The van der Waals surface area contributed by atoms with Gasteiger partial charge in [-0.05, 0) is 28.4 Å². The number of benzene rings is 3.